The minimum absolute atomic E-state index is 0.0258. The number of benzene rings is 2. The van der Waals surface area contributed by atoms with Gasteiger partial charge in [-0.25, -0.2) is 13.8 Å². The van der Waals surface area contributed by atoms with Gasteiger partial charge in [0.1, 0.15) is 5.75 Å². The maximum atomic E-state index is 15.0. The predicted molar refractivity (Wildman–Crippen MR) is 133 cm³/mol. The molecule has 7 nitrogen and oxygen atoms in total. The minimum Gasteiger partial charge on any atom is -0.493 e. The molecule has 0 aromatic heterocycles. The summed E-state index contributed by atoms with van der Waals surface area (Å²) in [6.07, 6.45) is 2.84. The standard InChI is InChI=1S/C28H30F2N4O3/c1-15-14-37-23-9-6-16-4-2-3-5-18-12-24(35)34(27(31)32-18)22-13-28(29,30)21-8-7-17(11-19(21)22)26(36)33-25(15)20(23)10-16/h6-11,15,18,22,25H,2-5,12-14H2,1H3,(H2,31,32)(H,33,36)/t15?,18?,22-,25?/m1/s1. The number of aryl methyl sites for hydroxylation is 1. The van der Waals surface area contributed by atoms with Crippen molar-refractivity contribution >= 4 is 17.8 Å². The van der Waals surface area contributed by atoms with Crippen LogP contribution in [0.3, 0.4) is 0 Å². The van der Waals surface area contributed by atoms with E-state index in [1.165, 1.54) is 23.1 Å². The number of hydrogen-bond acceptors (Lipinski definition) is 5. The smallest absolute Gasteiger partial charge is 0.275 e. The highest BCUT2D eigenvalue weighted by Gasteiger charge is 2.50. The van der Waals surface area contributed by atoms with E-state index in [-0.39, 0.29) is 58.9 Å². The number of guanidine groups is 1. The number of nitrogens with one attached hydrogen (secondary N) is 1. The molecule has 4 aliphatic heterocycles. The molecule has 0 spiro atoms. The molecule has 3 N–H and O–H groups in total. The molecule has 3 unspecified atom stereocenters. The van der Waals surface area contributed by atoms with Crippen LogP contribution >= 0.6 is 0 Å². The van der Waals surface area contributed by atoms with E-state index >= 15 is 8.78 Å². The van der Waals surface area contributed by atoms with E-state index in [2.05, 4.69) is 16.4 Å². The number of aliphatic imine (C=N–C) groups is 1. The Labute approximate surface area is 214 Å². The molecule has 1 aliphatic carbocycles. The van der Waals surface area contributed by atoms with Crippen LogP contribution in [0.5, 0.6) is 5.75 Å². The summed E-state index contributed by atoms with van der Waals surface area (Å²) in [7, 11) is 0. The van der Waals surface area contributed by atoms with Crippen LogP contribution in [-0.2, 0) is 17.1 Å². The van der Waals surface area contributed by atoms with E-state index < -0.39 is 18.4 Å². The lowest BCUT2D eigenvalue weighted by molar-refractivity contribution is -0.131. The lowest BCUT2D eigenvalue weighted by atomic mass is 9.89. The molecule has 0 saturated carbocycles. The summed E-state index contributed by atoms with van der Waals surface area (Å²) < 4.78 is 36.0. The topological polar surface area (TPSA) is 97.0 Å². The Kier molecular flexibility index (Phi) is 5.69. The minimum atomic E-state index is -3.14. The molecule has 2 amide bonds. The number of fused-ring (bicyclic) bond motifs is 5. The van der Waals surface area contributed by atoms with Crippen LogP contribution < -0.4 is 15.8 Å². The monoisotopic (exact) mass is 508 g/mol. The Morgan fingerprint density at radius 2 is 1.97 bits per heavy atom. The van der Waals surface area contributed by atoms with E-state index in [0.717, 1.165) is 36.1 Å². The van der Waals surface area contributed by atoms with E-state index in [0.29, 0.717) is 13.0 Å². The van der Waals surface area contributed by atoms with Crippen molar-refractivity contribution in [2.75, 3.05) is 6.61 Å². The highest BCUT2D eigenvalue weighted by atomic mass is 19.3. The van der Waals surface area contributed by atoms with Gasteiger partial charge in [0, 0.05) is 35.4 Å². The fourth-order valence-electron chi connectivity index (χ4n) is 6.13. The Balaban J connectivity index is 1.44. The summed E-state index contributed by atoms with van der Waals surface area (Å²) in [4.78, 5) is 32.3. The van der Waals surface area contributed by atoms with Crippen LogP contribution in [0.15, 0.2) is 41.4 Å². The maximum Gasteiger partial charge on any atom is 0.275 e. The molecule has 9 heteroatoms. The highest BCUT2D eigenvalue weighted by Crippen LogP contribution is 2.50. The van der Waals surface area contributed by atoms with Crippen molar-refractivity contribution in [1.82, 2.24) is 10.2 Å². The van der Waals surface area contributed by atoms with Gasteiger partial charge >= 0.3 is 0 Å². The number of hydrogen-bond donors (Lipinski definition) is 2. The Morgan fingerprint density at radius 1 is 1.14 bits per heavy atom. The first-order chi connectivity index (χ1) is 17.7. The molecule has 6 bridgehead atoms. The lowest BCUT2D eigenvalue weighted by Crippen LogP contribution is -2.48. The molecule has 194 valence electrons. The SMILES string of the molecule is CC1COc2ccc3cc2C1NC(=O)c1ccc2c(c1)[C@@H](CC2(F)F)N1C(=O)CC(CCCC3)N=C1N. The zero-order valence-corrected chi connectivity index (χ0v) is 20.7. The van der Waals surface area contributed by atoms with Crippen LogP contribution in [0.1, 0.15) is 83.7 Å². The zero-order valence-electron chi connectivity index (χ0n) is 20.7. The first-order valence-corrected chi connectivity index (χ1v) is 13.0. The summed E-state index contributed by atoms with van der Waals surface area (Å²) in [6, 6.07) is 8.79. The quantitative estimate of drug-likeness (QED) is 0.553. The summed E-state index contributed by atoms with van der Waals surface area (Å²) in [5.74, 6) is -3.06. The third-order valence-electron chi connectivity index (χ3n) is 8.09. The molecule has 37 heavy (non-hydrogen) atoms. The molecule has 4 heterocycles. The van der Waals surface area contributed by atoms with E-state index in [1.54, 1.807) is 0 Å². The van der Waals surface area contributed by atoms with Gasteiger partial charge in [0.2, 0.25) is 5.91 Å². The van der Waals surface area contributed by atoms with Crippen LogP contribution in [-0.4, -0.2) is 35.3 Å². The largest absolute Gasteiger partial charge is 0.493 e. The number of nitrogens with zero attached hydrogens (tertiary/aromatic N) is 2. The van der Waals surface area contributed by atoms with Crippen molar-refractivity contribution in [3.63, 3.8) is 0 Å². The Bertz CT molecular complexity index is 1310. The number of rotatable bonds is 0. The second-order valence-electron chi connectivity index (χ2n) is 10.7. The number of alkyl halides is 2. The molecule has 0 fully saturated rings. The normalized spacial score (nSPS) is 28.6. The fourth-order valence-corrected chi connectivity index (χ4v) is 6.13. The number of nitrogens with two attached hydrogens (primary N) is 1. The van der Waals surface area contributed by atoms with E-state index in [9.17, 15) is 9.59 Å². The first kappa shape index (κ1) is 23.9. The van der Waals surface area contributed by atoms with Crippen LogP contribution in [0.2, 0.25) is 0 Å². The number of halogens is 2. The van der Waals surface area contributed by atoms with Gasteiger partial charge in [0.15, 0.2) is 5.96 Å². The molecule has 0 saturated heterocycles. The fraction of sp³-hybridized carbons (Fsp3) is 0.464. The van der Waals surface area contributed by atoms with Crippen molar-refractivity contribution in [1.29, 1.82) is 0 Å². The van der Waals surface area contributed by atoms with Crippen molar-refractivity contribution in [3.05, 3.63) is 64.2 Å². The maximum absolute atomic E-state index is 15.0. The molecular formula is C28H30F2N4O3. The summed E-state index contributed by atoms with van der Waals surface area (Å²) >= 11 is 0. The van der Waals surface area contributed by atoms with E-state index in [4.69, 9.17) is 10.5 Å². The summed E-state index contributed by atoms with van der Waals surface area (Å²) in [5.41, 5.74) is 8.61. The van der Waals surface area contributed by atoms with Crippen molar-refractivity contribution < 1.29 is 23.1 Å². The van der Waals surface area contributed by atoms with Gasteiger partial charge in [-0.2, -0.15) is 0 Å². The van der Waals surface area contributed by atoms with Gasteiger partial charge in [-0.1, -0.05) is 31.5 Å². The molecule has 4 atom stereocenters. The predicted octanol–water partition coefficient (Wildman–Crippen LogP) is 4.36. The number of amides is 2. The average Bonchev–Trinajstić information content (AvgIpc) is 3.12. The molecule has 2 aromatic carbocycles. The Morgan fingerprint density at radius 3 is 2.78 bits per heavy atom. The zero-order chi connectivity index (χ0) is 25.9. The van der Waals surface area contributed by atoms with Crippen molar-refractivity contribution in [2.45, 2.75) is 69.5 Å². The highest BCUT2D eigenvalue weighted by molar-refractivity contribution is 5.99. The second kappa shape index (κ2) is 8.82. The van der Waals surface area contributed by atoms with Crippen molar-refractivity contribution in [2.24, 2.45) is 16.6 Å². The van der Waals surface area contributed by atoms with Gasteiger partial charge in [0.05, 0.1) is 24.7 Å². The first-order valence-electron chi connectivity index (χ1n) is 13.0. The van der Waals surface area contributed by atoms with Gasteiger partial charge in [0.25, 0.3) is 11.8 Å². The van der Waals surface area contributed by atoms with Crippen LogP contribution in [0.4, 0.5) is 8.78 Å². The van der Waals surface area contributed by atoms with Gasteiger partial charge < -0.3 is 15.8 Å². The molecule has 0 radical (unpaired) electrons. The van der Waals surface area contributed by atoms with E-state index in [1.807, 2.05) is 19.1 Å². The third kappa shape index (κ3) is 4.14. The average molecular weight is 509 g/mol. The molecule has 5 aliphatic rings. The van der Waals surface area contributed by atoms with Crippen LogP contribution in [0, 0.1) is 5.92 Å². The molecule has 7 rings (SSSR count). The molecular weight excluding hydrogens is 478 g/mol. The number of carbonyl (C=O) groups is 2. The third-order valence-corrected chi connectivity index (χ3v) is 8.09. The Hall–Kier alpha value is -3.49. The summed E-state index contributed by atoms with van der Waals surface area (Å²) in [6.45, 7) is 2.48. The van der Waals surface area contributed by atoms with Gasteiger partial charge in [-0.3, -0.25) is 14.5 Å². The number of carbonyl (C=O) groups excluding carboxylic acids is 2. The molecule has 2 aromatic rings. The second-order valence-corrected chi connectivity index (χ2v) is 10.7. The van der Waals surface area contributed by atoms with Crippen molar-refractivity contribution in [3.8, 4) is 5.75 Å². The van der Waals surface area contributed by atoms with Gasteiger partial charge in [-0.15, -0.1) is 0 Å². The lowest BCUT2D eigenvalue weighted by Gasteiger charge is -2.34. The van der Waals surface area contributed by atoms with Crippen LogP contribution in [0.25, 0.3) is 0 Å². The van der Waals surface area contributed by atoms with Gasteiger partial charge in [-0.05, 0) is 48.6 Å². The number of ether oxygens (including phenoxy) is 1. The summed E-state index contributed by atoms with van der Waals surface area (Å²) in [5, 5.41) is 3.12.